The Bertz CT molecular complexity index is 271. The van der Waals surface area contributed by atoms with Crippen molar-refractivity contribution >= 4 is 5.91 Å². The first kappa shape index (κ1) is 13.8. The number of amides is 1. The van der Waals surface area contributed by atoms with E-state index >= 15 is 0 Å². The second kappa shape index (κ2) is 6.53. The van der Waals surface area contributed by atoms with Crippen LogP contribution < -0.4 is 10.6 Å². The molecule has 0 bridgehead atoms. The number of hydrogen-bond acceptors (Lipinski definition) is 3. The third kappa shape index (κ3) is 4.25. The largest absolute Gasteiger partial charge is 0.396 e. The second-order valence-electron chi connectivity index (χ2n) is 5.99. The van der Waals surface area contributed by atoms with Gasteiger partial charge in [-0.3, -0.25) is 4.79 Å². The molecule has 0 atom stereocenters. The van der Waals surface area contributed by atoms with Crippen molar-refractivity contribution in [3.63, 3.8) is 0 Å². The Morgan fingerprint density at radius 1 is 1.22 bits per heavy atom. The standard InChI is InChI=1S/C14H26N2O2/c17-11-14(7-2-1-3-8-14)10-15-9-6-13(18)16-12-4-5-12/h12,15,17H,1-11H2,(H,16,18). The van der Waals surface area contributed by atoms with Gasteiger partial charge in [-0.05, 0) is 25.7 Å². The molecule has 0 unspecified atom stereocenters. The molecule has 18 heavy (non-hydrogen) atoms. The van der Waals surface area contributed by atoms with Gasteiger partial charge >= 0.3 is 0 Å². The average molecular weight is 254 g/mol. The van der Waals surface area contributed by atoms with E-state index in [-0.39, 0.29) is 17.9 Å². The number of aliphatic hydroxyl groups is 1. The minimum atomic E-state index is 0.0746. The molecule has 0 spiro atoms. The fourth-order valence-corrected chi connectivity index (χ4v) is 2.78. The third-order valence-corrected chi connectivity index (χ3v) is 4.22. The second-order valence-corrected chi connectivity index (χ2v) is 5.99. The summed E-state index contributed by atoms with van der Waals surface area (Å²) in [5.41, 5.74) is 0.0746. The van der Waals surface area contributed by atoms with Crippen LogP contribution in [-0.2, 0) is 4.79 Å². The van der Waals surface area contributed by atoms with Crippen LogP contribution in [0.4, 0.5) is 0 Å². The quantitative estimate of drug-likeness (QED) is 0.598. The van der Waals surface area contributed by atoms with Gasteiger partial charge in [0.2, 0.25) is 5.91 Å². The molecule has 4 nitrogen and oxygen atoms in total. The van der Waals surface area contributed by atoms with Gasteiger partial charge in [0.05, 0.1) is 0 Å². The normalized spacial score (nSPS) is 22.7. The van der Waals surface area contributed by atoms with E-state index in [9.17, 15) is 9.90 Å². The van der Waals surface area contributed by atoms with Gasteiger partial charge in [-0.15, -0.1) is 0 Å². The highest BCUT2D eigenvalue weighted by molar-refractivity contribution is 5.76. The van der Waals surface area contributed by atoms with Gasteiger partial charge < -0.3 is 15.7 Å². The number of nitrogens with one attached hydrogen (secondary N) is 2. The number of carbonyl (C=O) groups excluding carboxylic acids is 1. The molecular weight excluding hydrogens is 228 g/mol. The van der Waals surface area contributed by atoms with Gasteiger partial charge in [-0.25, -0.2) is 0 Å². The van der Waals surface area contributed by atoms with Crippen LogP contribution in [0.15, 0.2) is 0 Å². The number of aliphatic hydroxyl groups excluding tert-OH is 1. The molecule has 2 aliphatic rings. The monoisotopic (exact) mass is 254 g/mol. The van der Waals surface area contributed by atoms with E-state index in [1.165, 1.54) is 19.3 Å². The van der Waals surface area contributed by atoms with Crippen molar-refractivity contribution in [1.82, 2.24) is 10.6 Å². The van der Waals surface area contributed by atoms with Crippen molar-refractivity contribution < 1.29 is 9.90 Å². The van der Waals surface area contributed by atoms with Crippen molar-refractivity contribution in [2.45, 2.75) is 57.4 Å². The van der Waals surface area contributed by atoms with Crippen LogP contribution >= 0.6 is 0 Å². The summed E-state index contributed by atoms with van der Waals surface area (Å²) in [4.78, 5) is 11.5. The molecule has 2 saturated carbocycles. The molecule has 1 amide bonds. The lowest BCUT2D eigenvalue weighted by Crippen LogP contribution is -2.40. The molecule has 0 aliphatic heterocycles. The highest BCUT2D eigenvalue weighted by atomic mass is 16.3. The van der Waals surface area contributed by atoms with Crippen LogP contribution in [0.5, 0.6) is 0 Å². The molecule has 4 heteroatoms. The fraction of sp³-hybridized carbons (Fsp3) is 0.929. The molecule has 2 fully saturated rings. The summed E-state index contributed by atoms with van der Waals surface area (Å²) in [6, 6.07) is 0.458. The third-order valence-electron chi connectivity index (χ3n) is 4.22. The highest BCUT2D eigenvalue weighted by Crippen LogP contribution is 2.35. The zero-order valence-electron chi connectivity index (χ0n) is 11.2. The molecule has 0 aromatic rings. The maximum atomic E-state index is 11.5. The predicted molar refractivity (Wildman–Crippen MR) is 71.3 cm³/mol. The van der Waals surface area contributed by atoms with Crippen molar-refractivity contribution in [2.75, 3.05) is 19.7 Å². The van der Waals surface area contributed by atoms with Crippen LogP contribution in [-0.4, -0.2) is 36.8 Å². The summed E-state index contributed by atoms with van der Waals surface area (Å²) >= 11 is 0. The molecule has 0 aromatic carbocycles. The van der Waals surface area contributed by atoms with Crippen molar-refractivity contribution in [2.24, 2.45) is 5.41 Å². The summed E-state index contributed by atoms with van der Waals surface area (Å²) in [7, 11) is 0. The zero-order valence-corrected chi connectivity index (χ0v) is 11.2. The number of hydrogen-bond donors (Lipinski definition) is 3. The lowest BCUT2D eigenvalue weighted by atomic mass is 9.74. The molecule has 2 aliphatic carbocycles. The fourth-order valence-electron chi connectivity index (χ4n) is 2.78. The molecule has 0 saturated heterocycles. The van der Waals surface area contributed by atoms with Crippen molar-refractivity contribution in [3.05, 3.63) is 0 Å². The van der Waals surface area contributed by atoms with Crippen LogP contribution in [0, 0.1) is 5.41 Å². The first-order valence-corrected chi connectivity index (χ1v) is 7.35. The Balaban J connectivity index is 1.59. The zero-order chi connectivity index (χ0) is 12.8. The van der Waals surface area contributed by atoms with Crippen molar-refractivity contribution in [1.29, 1.82) is 0 Å². The molecular formula is C14H26N2O2. The highest BCUT2D eigenvalue weighted by Gasteiger charge is 2.30. The van der Waals surface area contributed by atoms with Gasteiger partial charge in [0.1, 0.15) is 0 Å². The minimum absolute atomic E-state index is 0.0746. The van der Waals surface area contributed by atoms with E-state index in [4.69, 9.17) is 0 Å². The maximum Gasteiger partial charge on any atom is 0.221 e. The summed E-state index contributed by atoms with van der Waals surface area (Å²) in [5.74, 6) is 0.159. The van der Waals surface area contributed by atoms with Gasteiger partial charge in [-0.2, -0.15) is 0 Å². The molecule has 0 radical (unpaired) electrons. The van der Waals surface area contributed by atoms with Crippen LogP contribution in [0.25, 0.3) is 0 Å². The van der Waals surface area contributed by atoms with Gasteiger partial charge in [0.15, 0.2) is 0 Å². The maximum absolute atomic E-state index is 11.5. The lowest BCUT2D eigenvalue weighted by Gasteiger charge is -2.35. The molecule has 3 N–H and O–H groups in total. The molecule has 2 rings (SSSR count). The first-order valence-electron chi connectivity index (χ1n) is 7.35. The van der Waals surface area contributed by atoms with Crippen molar-refractivity contribution in [3.8, 4) is 0 Å². The number of carbonyl (C=O) groups is 1. The van der Waals surface area contributed by atoms with E-state index in [1.54, 1.807) is 0 Å². The molecule has 0 heterocycles. The van der Waals surface area contributed by atoms with Gasteiger partial charge in [0.25, 0.3) is 0 Å². The van der Waals surface area contributed by atoms with E-state index < -0.39 is 0 Å². The lowest BCUT2D eigenvalue weighted by molar-refractivity contribution is -0.121. The summed E-state index contributed by atoms with van der Waals surface area (Å²) in [5, 5.41) is 15.9. The van der Waals surface area contributed by atoms with E-state index in [2.05, 4.69) is 10.6 Å². The van der Waals surface area contributed by atoms with Gasteiger partial charge in [-0.1, -0.05) is 19.3 Å². The smallest absolute Gasteiger partial charge is 0.221 e. The van der Waals surface area contributed by atoms with E-state index in [1.807, 2.05) is 0 Å². The van der Waals surface area contributed by atoms with Crippen LogP contribution in [0.3, 0.4) is 0 Å². The first-order chi connectivity index (χ1) is 8.74. The summed E-state index contributed by atoms with van der Waals surface area (Å²) < 4.78 is 0. The van der Waals surface area contributed by atoms with E-state index in [0.717, 1.165) is 38.8 Å². The summed E-state index contributed by atoms with van der Waals surface area (Å²) in [6.07, 6.45) is 8.83. The topological polar surface area (TPSA) is 61.4 Å². The average Bonchev–Trinajstić information content (AvgIpc) is 3.20. The van der Waals surface area contributed by atoms with Gasteiger partial charge in [0, 0.05) is 37.6 Å². The number of rotatable bonds is 7. The Morgan fingerprint density at radius 3 is 2.56 bits per heavy atom. The summed E-state index contributed by atoms with van der Waals surface area (Å²) in [6.45, 7) is 1.84. The Kier molecular flexibility index (Phi) is 5.01. The Labute approximate surface area is 110 Å². The Morgan fingerprint density at radius 2 is 1.94 bits per heavy atom. The minimum Gasteiger partial charge on any atom is -0.396 e. The SMILES string of the molecule is O=C(CCNCC1(CO)CCCCC1)NC1CC1. The van der Waals surface area contributed by atoms with Crippen LogP contribution in [0.1, 0.15) is 51.4 Å². The molecule has 104 valence electrons. The predicted octanol–water partition coefficient (Wildman–Crippen LogP) is 1.19. The Hall–Kier alpha value is -0.610. The van der Waals surface area contributed by atoms with Crippen LogP contribution in [0.2, 0.25) is 0 Å². The molecule has 0 aromatic heterocycles. The van der Waals surface area contributed by atoms with E-state index in [0.29, 0.717) is 12.5 Å².